The van der Waals surface area contributed by atoms with E-state index in [1.54, 1.807) is 0 Å². The monoisotopic (exact) mass is 363 g/mol. The number of hydrogen-bond donors (Lipinski definition) is 0. The van der Waals surface area contributed by atoms with Crippen molar-refractivity contribution >= 4 is 34.4 Å². The molecule has 2 aromatic rings. The number of hydrogen-bond acceptors (Lipinski definition) is 2. The van der Waals surface area contributed by atoms with Gasteiger partial charge >= 0.3 is 0 Å². The average Bonchev–Trinajstić information content (AvgIpc) is 2.51. The molecule has 1 saturated heterocycles. The van der Waals surface area contributed by atoms with Crippen LogP contribution >= 0.6 is 28.7 Å². The van der Waals surface area contributed by atoms with Gasteiger partial charge in [0.2, 0.25) is 0 Å². The number of aryl methyl sites for hydroxylation is 1. The normalized spacial score (nSPS) is 14.6. The van der Waals surface area contributed by atoms with Gasteiger partial charge < -0.3 is 4.90 Å². The molecular weight excluding hydrogens is 342 g/mol. The highest BCUT2D eigenvalue weighted by Gasteiger charge is 2.14. The molecule has 2 aromatic carbocycles. The van der Waals surface area contributed by atoms with Crippen LogP contribution in [0.4, 0.5) is 5.69 Å². The van der Waals surface area contributed by atoms with E-state index in [9.17, 15) is 0 Å². The molecule has 0 aromatic heterocycles. The molecule has 1 fully saturated rings. The van der Waals surface area contributed by atoms with Gasteiger partial charge in [-0.05, 0) is 50.5 Å². The molecule has 0 N–H and O–H groups in total. The van der Waals surface area contributed by atoms with E-state index in [1.807, 2.05) is 11.8 Å². The van der Waals surface area contributed by atoms with Crippen molar-refractivity contribution < 1.29 is 0 Å². The summed E-state index contributed by atoms with van der Waals surface area (Å²) in [6, 6.07) is 17.6. The Bertz CT molecular complexity index is 562. The maximum Gasteiger partial charge on any atom is 0.0508 e. The Kier molecular flexibility index (Phi) is 6.19. The van der Waals surface area contributed by atoms with E-state index < -0.39 is 0 Å². The Balaban J connectivity index is 0.00000161. The van der Waals surface area contributed by atoms with Gasteiger partial charge in [0.15, 0.2) is 0 Å². The van der Waals surface area contributed by atoms with E-state index in [0.29, 0.717) is 0 Å². The van der Waals surface area contributed by atoms with Crippen LogP contribution in [-0.4, -0.2) is 13.1 Å². The molecule has 3 rings (SSSR count). The van der Waals surface area contributed by atoms with E-state index in [0.717, 1.165) is 0 Å². The molecule has 0 radical (unpaired) electrons. The summed E-state index contributed by atoms with van der Waals surface area (Å²) in [5, 5.41) is 0. The second-order valence-corrected chi connectivity index (χ2v) is 6.55. The van der Waals surface area contributed by atoms with Crippen LogP contribution in [0.15, 0.2) is 58.3 Å². The largest absolute Gasteiger partial charge is 0.371 e. The van der Waals surface area contributed by atoms with Crippen molar-refractivity contribution in [2.45, 2.75) is 36.0 Å². The summed E-state index contributed by atoms with van der Waals surface area (Å²) in [7, 11) is 0. The topological polar surface area (TPSA) is 3.24 Å². The van der Waals surface area contributed by atoms with E-state index >= 15 is 0 Å². The predicted octanol–water partition coefficient (Wildman–Crippen LogP) is 5.71. The molecule has 1 aliphatic rings. The van der Waals surface area contributed by atoms with Gasteiger partial charge in [0.1, 0.15) is 0 Å². The molecule has 0 saturated carbocycles. The van der Waals surface area contributed by atoms with Crippen LogP contribution < -0.4 is 4.90 Å². The SMILES string of the molecule is Br.Cc1ccc(Sc2ccccc2N2CCCCC2)cc1. The van der Waals surface area contributed by atoms with Crippen molar-refractivity contribution in [3.63, 3.8) is 0 Å². The maximum atomic E-state index is 2.54. The van der Waals surface area contributed by atoms with Gasteiger partial charge in [0.25, 0.3) is 0 Å². The van der Waals surface area contributed by atoms with Crippen LogP contribution in [-0.2, 0) is 0 Å². The van der Waals surface area contributed by atoms with Crippen LogP contribution in [0.3, 0.4) is 0 Å². The lowest BCUT2D eigenvalue weighted by atomic mass is 10.1. The summed E-state index contributed by atoms with van der Waals surface area (Å²) in [6.07, 6.45) is 4.02. The fraction of sp³-hybridized carbons (Fsp3) is 0.333. The second kappa shape index (κ2) is 7.90. The Morgan fingerprint density at radius 2 is 1.52 bits per heavy atom. The molecule has 21 heavy (non-hydrogen) atoms. The minimum absolute atomic E-state index is 0. The van der Waals surface area contributed by atoms with E-state index in [2.05, 4.69) is 60.4 Å². The molecule has 112 valence electrons. The Hall–Kier alpha value is -0.930. The van der Waals surface area contributed by atoms with Crippen LogP contribution in [0.25, 0.3) is 0 Å². The first-order valence-electron chi connectivity index (χ1n) is 7.41. The number of nitrogens with zero attached hydrogens (tertiary/aromatic N) is 1. The van der Waals surface area contributed by atoms with Gasteiger partial charge in [-0.15, -0.1) is 17.0 Å². The summed E-state index contributed by atoms with van der Waals surface area (Å²) in [6.45, 7) is 4.53. The zero-order valence-corrected chi connectivity index (χ0v) is 14.9. The van der Waals surface area contributed by atoms with Crippen molar-refractivity contribution in [3.8, 4) is 0 Å². The number of anilines is 1. The van der Waals surface area contributed by atoms with E-state index in [-0.39, 0.29) is 17.0 Å². The summed E-state index contributed by atoms with van der Waals surface area (Å²) in [5.41, 5.74) is 2.72. The van der Waals surface area contributed by atoms with Gasteiger partial charge in [-0.1, -0.05) is 41.6 Å². The number of para-hydroxylation sites is 1. The van der Waals surface area contributed by atoms with Gasteiger partial charge in [0, 0.05) is 22.9 Å². The summed E-state index contributed by atoms with van der Waals surface area (Å²) >= 11 is 1.87. The molecule has 0 spiro atoms. The van der Waals surface area contributed by atoms with Crippen molar-refractivity contribution in [1.82, 2.24) is 0 Å². The van der Waals surface area contributed by atoms with Crippen LogP contribution in [0, 0.1) is 6.92 Å². The third kappa shape index (κ3) is 4.27. The van der Waals surface area contributed by atoms with Crippen molar-refractivity contribution in [1.29, 1.82) is 0 Å². The standard InChI is InChI=1S/C18H21NS.BrH/c1-15-9-11-16(12-10-15)20-18-8-4-3-7-17(18)19-13-5-2-6-14-19;/h3-4,7-12H,2,5-6,13-14H2,1H3;1H. The quantitative estimate of drug-likeness (QED) is 0.686. The molecule has 0 amide bonds. The molecule has 0 atom stereocenters. The zero-order chi connectivity index (χ0) is 13.8. The highest BCUT2D eigenvalue weighted by atomic mass is 79.9. The third-order valence-electron chi connectivity index (χ3n) is 3.81. The molecule has 1 aliphatic heterocycles. The summed E-state index contributed by atoms with van der Waals surface area (Å²) < 4.78 is 0. The number of halogens is 1. The molecule has 0 bridgehead atoms. The molecule has 3 heteroatoms. The lowest BCUT2D eigenvalue weighted by Gasteiger charge is -2.30. The molecule has 0 aliphatic carbocycles. The highest BCUT2D eigenvalue weighted by molar-refractivity contribution is 8.93. The fourth-order valence-electron chi connectivity index (χ4n) is 2.67. The lowest BCUT2D eigenvalue weighted by Crippen LogP contribution is -2.29. The van der Waals surface area contributed by atoms with Gasteiger partial charge in [-0.2, -0.15) is 0 Å². The number of piperidine rings is 1. The molecule has 1 nitrogen and oxygen atoms in total. The maximum absolute atomic E-state index is 2.54. The van der Waals surface area contributed by atoms with Gasteiger partial charge in [-0.25, -0.2) is 0 Å². The first kappa shape index (κ1) is 16.4. The second-order valence-electron chi connectivity index (χ2n) is 5.43. The van der Waals surface area contributed by atoms with Crippen molar-refractivity contribution in [2.24, 2.45) is 0 Å². The molecular formula is C18H22BrNS. The highest BCUT2D eigenvalue weighted by Crippen LogP contribution is 2.36. The van der Waals surface area contributed by atoms with Crippen LogP contribution in [0.5, 0.6) is 0 Å². The van der Waals surface area contributed by atoms with Gasteiger partial charge in [-0.3, -0.25) is 0 Å². The van der Waals surface area contributed by atoms with Gasteiger partial charge in [0.05, 0.1) is 5.69 Å². The lowest BCUT2D eigenvalue weighted by molar-refractivity contribution is 0.575. The van der Waals surface area contributed by atoms with Crippen LogP contribution in [0.1, 0.15) is 24.8 Å². The first-order valence-corrected chi connectivity index (χ1v) is 8.23. The fourth-order valence-corrected chi connectivity index (χ4v) is 3.65. The Morgan fingerprint density at radius 1 is 0.857 bits per heavy atom. The smallest absolute Gasteiger partial charge is 0.0508 e. The minimum Gasteiger partial charge on any atom is -0.371 e. The number of rotatable bonds is 3. The molecule has 0 unspecified atom stereocenters. The van der Waals surface area contributed by atoms with Crippen molar-refractivity contribution in [3.05, 3.63) is 54.1 Å². The molecule has 1 heterocycles. The van der Waals surface area contributed by atoms with Crippen molar-refractivity contribution in [2.75, 3.05) is 18.0 Å². The summed E-state index contributed by atoms with van der Waals surface area (Å²) in [5.74, 6) is 0. The predicted molar refractivity (Wildman–Crippen MR) is 98.1 cm³/mol. The number of benzene rings is 2. The Labute approximate surface area is 142 Å². The summed E-state index contributed by atoms with van der Waals surface area (Å²) in [4.78, 5) is 5.23. The van der Waals surface area contributed by atoms with Crippen LogP contribution in [0.2, 0.25) is 0 Å². The van der Waals surface area contributed by atoms with E-state index in [4.69, 9.17) is 0 Å². The average molecular weight is 364 g/mol. The minimum atomic E-state index is 0. The zero-order valence-electron chi connectivity index (χ0n) is 12.4. The third-order valence-corrected chi connectivity index (χ3v) is 4.88. The Morgan fingerprint density at radius 3 is 2.24 bits per heavy atom. The van der Waals surface area contributed by atoms with E-state index in [1.165, 1.54) is 53.4 Å². The first-order chi connectivity index (χ1) is 9.83.